The Bertz CT molecular complexity index is 414. The molecule has 0 radical (unpaired) electrons. The van der Waals surface area contributed by atoms with Crippen LogP contribution in [0.3, 0.4) is 0 Å². The van der Waals surface area contributed by atoms with Crippen LogP contribution in [-0.4, -0.2) is 12.3 Å². The first-order chi connectivity index (χ1) is 7.22. The van der Waals surface area contributed by atoms with Crippen molar-refractivity contribution in [2.75, 3.05) is 6.54 Å². The Morgan fingerprint density at radius 2 is 2.40 bits per heavy atom. The molecule has 2 nitrogen and oxygen atoms in total. The lowest BCUT2D eigenvalue weighted by Gasteiger charge is -2.25. The fraction of sp³-hybridized carbons (Fsp3) is 0.250. The first-order valence-corrected chi connectivity index (χ1v) is 5.69. The molecule has 0 amide bonds. The zero-order valence-electron chi connectivity index (χ0n) is 8.29. The first-order valence-electron chi connectivity index (χ1n) is 4.90. The average Bonchev–Trinajstić information content (AvgIpc) is 2.26. The van der Waals surface area contributed by atoms with Crippen LogP contribution in [0.1, 0.15) is 17.2 Å². The van der Waals surface area contributed by atoms with Crippen LogP contribution in [0.4, 0.5) is 0 Å². The van der Waals surface area contributed by atoms with Crippen molar-refractivity contribution >= 4 is 21.7 Å². The summed E-state index contributed by atoms with van der Waals surface area (Å²) in [4.78, 5) is 11.6. The summed E-state index contributed by atoms with van der Waals surface area (Å²) in [6, 6.07) is 5.84. The molecule has 1 aromatic carbocycles. The van der Waals surface area contributed by atoms with Crippen molar-refractivity contribution in [2.24, 2.45) is 0 Å². The van der Waals surface area contributed by atoms with Gasteiger partial charge in [-0.3, -0.25) is 4.79 Å². The van der Waals surface area contributed by atoms with Gasteiger partial charge in [0.15, 0.2) is 5.78 Å². The number of halogens is 1. The molecule has 1 N–H and O–H groups in total. The SMILES string of the molecule is C=CC(=O)C1NCCc2cc(Br)ccc21. The molecule has 1 unspecified atom stereocenters. The predicted molar refractivity (Wildman–Crippen MR) is 63.8 cm³/mol. The molecule has 78 valence electrons. The highest BCUT2D eigenvalue weighted by Crippen LogP contribution is 2.26. The summed E-state index contributed by atoms with van der Waals surface area (Å²) in [5.74, 6) is 0.0401. The van der Waals surface area contributed by atoms with Gasteiger partial charge in [-0.15, -0.1) is 0 Å². The van der Waals surface area contributed by atoms with Crippen LogP contribution in [0.2, 0.25) is 0 Å². The Hall–Kier alpha value is -0.930. The van der Waals surface area contributed by atoms with Crippen LogP contribution < -0.4 is 5.32 Å². The van der Waals surface area contributed by atoms with Gasteiger partial charge in [-0.25, -0.2) is 0 Å². The van der Waals surface area contributed by atoms with E-state index in [-0.39, 0.29) is 11.8 Å². The van der Waals surface area contributed by atoms with Gasteiger partial charge in [-0.05, 0) is 35.8 Å². The normalized spacial score (nSPS) is 19.4. The predicted octanol–water partition coefficient (Wildman–Crippen LogP) is 2.39. The van der Waals surface area contributed by atoms with Crippen molar-refractivity contribution in [3.05, 3.63) is 46.5 Å². The molecule has 1 aliphatic heterocycles. The first kappa shape index (κ1) is 10.6. The topological polar surface area (TPSA) is 29.1 Å². The summed E-state index contributed by atoms with van der Waals surface area (Å²) in [6.45, 7) is 4.37. The van der Waals surface area contributed by atoms with Crippen molar-refractivity contribution in [1.29, 1.82) is 0 Å². The molecule has 3 heteroatoms. The van der Waals surface area contributed by atoms with E-state index in [0.29, 0.717) is 0 Å². The fourth-order valence-electron chi connectivity index (χ4n) is 1.91. The third-order valence-corrected chi connectivity index (χ3v) is 3.14. The number of ketones is 1. The van der Waals surface area contributed by atoms with Crippen molar-refractivity contribution < 1.29 is 4.79 Å². The van der Waals surface area contributed by atoms with Crippen LogP contribution in [0.5, 0.6) is 0 Å². The molecule has 0 bridgehead atoms. The van der Waals surface area contributed by atoms with Gasteiger partial charge >= 0.3 is 0 Å². The lowest BCUT2D eigenvalue weighted by Crippen LogP contribution is -2.34. The zero-order chi connectivity index (χ0) is 10.8. The fourth-order valence-corrected chi connectivity index (χ4v) is 2.31. The molecule has 1 heterocycles. The molecule has 0 aromatic heterocycles. The van der Waals surface area contributed by atoms with Crippen LogP contribution in [0.15, 0.2) is 35.3 Å². The molecule has 1 aliphatic rings. The smallest absolute Gasteiger partial charge is 0.176 e. The molecule has 0 aliphatic carbocycles. The maximum Gasteiger partial charge on any atom is 0.176 e. The Morgan fingerprint density at radius 1 is 1.60 bits per heavy atom. The minimum Gasteiger partial charge on any atom is -0.303 e. The Balaban J connectivity index is 2.42. The van der Waals surface area contributed by atoms with Gasteiger partial charge in [0.2, 0.25) is 0 Å². The van der Waals surface area contributed by atoms with Crippen LogP contribution in [0.25, 0.3) is 0 Å². The number of hydrogen-bond donors (Lipinski definition) is 1. The van der Waals surface area contributed by atoms with E-state index in [1.165, 1.54) is 11.6 Å². The maximum absolute atomic E-state index is 11.6. The van der Waals surface area contributed by atoms with E-state index in [1.807, 2.05) is 12.1 Å². The zero-order valence-corrected chi connectivity index (χ0v) is 9.88. The summed E-state index contributed by atoms with van der Waals surface area (Å²) >= 11 is 3.44. The Labute approximate surface area is 97.5 Å². The van der Waals surface area contributed by atoms with Gasteiger partial charge in [0.05, 0.1) is 6.04 Å². The lowest BCUT2D eigenvalue weighted by molar-refractivity contribution is -0.116. The molecule has 0 spiro atoms. The molecular weight excluding hydrogens is 254 g/mol. The summed E-state index contributed by atoms with van der Waals surface area (Å²) < 4.78 is 1.06. The van der Waals surface area contributed by atoms with E-state index < -0.39 is 0 Å². The van der Waals surface area contributed by atoms with Crippen molar-refractivity contribution in [3.63, 3.8) is 0 Å². The number of carbonyl (C=O) groups excluding carboxylic acids is 1. The van der Waals surface area contributed by atoms with Crippen LogP contribution in [0, 0.1) is 0 Å². The number of fused-ring (bicyclic) bond motifs is 1. The number of carbonyl (C=O) groups is 1. The third-order valence-electron chi connectivity index (χ3n) is 2.64. The largest absolute Gasteiger partial charge is 0.303 e. The summed E-state index contributed by atoms with van der Waals surface area (Å²) in [5, 5.41) is 3.21. The van der Waals surface area contributed by atoms with Crippen molar-refractivity contribution in [3.8, 4) is 0 Å². The lowest BCUT2D eigenvalue weighted by atomic mass is 9.92. The maximum atomic E-state index is 11.6. The molecule has 0 fully saturated rings. The van der Waals surface area contributed by atoms with E-state index >= 15 is 0 Å². The van der Waals surface area contributed by atoms with Gasteiger partial charge in [0.1, 0.15) is 0 Å². The van der Waals surface area contributed by atoms with Crippen molar-refractivity contribution in [2.45, 2.75) is 12.5 Å². The molecule has 15 heavy (non-hydrogen) atoms. The van der Waals surface area contributed by atoms with Crippen LogP contribution >= 0.6 is 15.9 Å². The van der Waals surface area contributed by atoms with Gasteiger partial charge in [0.25, 0.3) is 0 Å². The van der Waals surface area contributed by atoms with E-state index in [4.69, 9.17) is 0 Å². The number of hydrogen-bond acceptors (Lipinski definition) is 2. The standard InChI is InChI=1S/C12H12BrNO/c1-2-11(15)12-10-4-3-9(13)7-8(10)5-6-14-12/h2-4,7,12,14H,1,5-6H2. The second-order valence-corrected chi connectivity index (χ2v) is 4.50. The monoisotopic (exact) mass is 265 g/mol. The number of benzene rings is 1. The third kappa shape index (κ3) is 2.03. The highest BCUT2D eigenvalue weighted by atomic mass is 79.9. The van der Waals surface area contributed by atoms with Gasteiger partial charge in [-0.1, -0.05) is 28.6 Å². The van der Waals surface area contributed by atoms with E-state index in [0.717, 1.165) is 23.0 Å². The number of nitrogens with one attached hydrogen (secondary N) is 1. The highest BCUT2D eigenvalue weighted by molar-refractivity contribution is 9.10. The second kappa shape index (κ2) is 4.29. The summed E-state index contributed by atoms with van der Waals surface area (Å²) in [6.07, 6.45) is 2.35. The average molecular weight is 266 g/mol. The number of rotatable bonds is 2. The molecular formula is C12H12BrNO. The minimum atomic E-state index is -0.209. The van der Waals surface area contributed by atoms with E-state index in [1.54, 1.807) is 0 Å². The van der Waals surface area contributed by atoms with E-state index in [9.17, 15) is 4.79 Å². The quantitative estimate of drug-likeness (QED) is 0.833. The molecule has 2 rings (SSSR count). The van der Waals surface area contributed by atoms with Gasteiger partial charge in [-0.2, -0.15) is 0 Å². The van der Waals surface area contributed by atoms with Gasteiger partial charge < -0.3 is 5.32 Å². The Kier molecular flexibility index (Phi) is 3.03. The molecule has 0 saturated carbocycles. The second-order valence-electron chi connectivity index (χ2n) is 3.59. The van der Waals surface area contributed by atoms with Gasteiger partial charge in [0, 0.05) is 11.0 Å². The molecule has 0 saturated heterocycles. The summed E-state index contributed by atoms with van der Waals surface area (Å²) in [7, 11) is 0. The van der Waals surface area contributed by atoms with Crippen LogP contribution in [-0.2, 0) is 11.2 Å². The van der Waals surface area contributed by atoms with Crippen molar-refractivity contribution in [1.82, 2.24) is 5.32 Å². The summed E-state index contributed by atoms with van der Waals surface area (Å²) in [5.41, 5.74) is 2.32. The molecule has 1 aromatic rings. The highest BCUT2D eigenvalue weighted by Gasteiger charge is 2.23. The molecule has 1 atom stereocenters. The minimum absolute atomic E-state index is 0.0401. The Morgan fingerprint density at radius 3 is 3.13 bits per heavy atom. The van der Waals surface area contributed by atoms with E-state index in [2.05, 4.69) is 33.9 Å².